The van der Waals surface area contributed by atoms with E-state index in [0.29, 0.717) is 30.5 Å². The average molecular weight is 216 g/mol. The third-order valence-corrected chi connectivity index (χ3v) is 2.04. The molecule has 14 heavy (non-hydrogen) atoms. The highest BCUT2D eigenvalue weighted by Crippen LogP contribution is 2.25. The van der Waals surface area contributed by atoms with Gasteiger partial charge in [-0.1, -0.05) is 17.7 Å². The van der Waals surface area contributed by atoms with Gasteiger partial charge >= 0.3 is 0 Å². The Balaban J connectivity index is 2.57. The molecule has 0 aliphatic rings. The molecule has 0 saturated carbocycles. The van der Waals surface area contributed by atoms with Crippen molar-refractivity contribution in [3.8, 4) is 5.75 Å². The third kappa shape index (κ3) is 3.18. The molecule has 1 aromatic carbocycles. The molecule has 1 aromatic rings. The Kier molecular flexibility index (Phi) is 4.73. The summed E-state index contributed by atoms with van der Waals surface area (Å²) >= 11 is 5.94. The van der Waals surface area contributed by atoms with Gasteiger partial charge in [-0.25, -0.2) is 0 Å². The molecule has 0 aliphatic carbocycles. The van der Waals surface area contributed by atoms with Crippen LogP contribution in [-0.2, 0) is 11.3 Å². The molecular weight excluding hydrogens is 202 g/mol. The summed E-state index contributed by atoms with van der Waals surface area (Å²) in [7, 11) is 1.59. The van der Waals surface area contributed by atoms with Crippen molar-refractivity contribution >= 4 is 11.6 Å². The van der Waals surface area contributed by atoms with E-state index in [1.807, 2.05) is 18.2 Å². The summed E-state index contributed by atoms with van der Waals surface area (Å²) in [5, 5.41) is 0.598. The van der Waals surface area contributed by atoms with Crippen LogP contribution in [0.3, 0.4) is 0 Å². The van der Waals surface area contributed by atoms with Crippen molar-refractivity contribution in [2.24, 2.45) is 5.73 Å². The second kappa shape index (κ2) is 5.86. The van der Waals surface area contributed by atoms with Crippen LogP contribution in [0.15, 0.2) is 18.2 Å². The molecule has 4 heteroatoms. The van der Waals surface area contributed by atoms with Gasteiger partial charge in [0.2, 0.25) is 0 Å². The van der Waals surface area contributed by atoms with Crippen LogP contribution < -0.4 is 10.5 Å². The van der Waals surface area contributed by atoms with Crippen molar-refractivity contribution in [3.05, 3.63) is 28.8 Å². The highest BCUT2D eigenvalue weighted by molar-refractivity contribution is 6.32. The predicted molar refractivity (Wildman–Crippen MR) is 56.7 cm³/mol. The maximum absolute atomic E-state index is 5.94. The summed E-state index contributed by atoms with van der Waals surface area (Å²) in [6, 6.07) is 5.57. The van der Waals surface area contributed by atoms with Gasteiger partial charge in [-0.05, 0) is 17.7 Å². The summed E-state index contributed by atoms with van der Waals surface area (Å²) < 4.78 is 10.3. The van der Waals surface area contributed by atoms with Gasteiger partial charge in [-0.3, -0.25) is 0 Å². The highest BCUT2D eigenvalue weighted by Gasteiger charge is 2.01. The molecule has 0 saturated heterocycles. The van der Waals surface area contributed by atoms with Crippen molar-refractivity contribution in [2.45, 2.75) is 6.61 Å². The molecule has 1 rings (SSSR count). The number of halogens is 1. The molecule has 0 aromatic heterocycles. The van der Waals surface area contributed by atoms with Crippen molar-refractivity contribution in [1.82, 2.24) is 0 Å². The first kappa shape index (κ1) is 11.3. The van der Waals surface area contributed by atoms with Gasteiger partial charge < -0.3 is 15.2 Å². The number of nitrogens with two attached hydrogens (primary N) is 1. The Morgan fingerprint density at radius 1 is 1.43 bits per heavy atom. The van der Waals surface area contributed by atoms with E-state index >= 15 is 0 Å². The lowest BCUT2D eigenvalue weighted by Crippen LogP contribution is -2.08. The highest BCUT2D eigenvalue weighted by atomic mass is 35.5. The van der Waals surface area contributed by atoms with E-state index in [0.717, 1.165) is 5.56 Å². The van der Waals surface area contributed by atoms with Crippen molar-refractivity contribution in [2.75, 3.05) is 20.3 Å². The van der Waals surface area contributed by atoms with Crippen LogP contribution in [0.2, 0.25) is 5.02 Å². The standard InChI is InChI=1S/C10H14ClNO2/c1-13-10-3-2-8(6-9(10)11)7-14-5-4-12/h2-3,6H,4-5,7,12H2,1H3. The summed E-state index contributed by atoms with van der Waals surface area (Å²) in [5.41, 5.74) is 6.31. The number of benzene rings is 1. The molecule has 0 bridgehead atoms. The lowest BCUT2D eigenvalue weighted by Gasteiger charge is -2.06. The van der Waals surface area contributed by atoms with Gasteiger partial charge in [0.1, 0.15) is 5.75 Å². The minimum absolute atomic E-state index is 0.529. The Bertz CT molecular complexity index is 291. The number of rotatable bonds is 5. The van der Waals surface area contributed by atoms with Crippen LogP contribution >= 0.6 is 11.6 Å². The maximum atomic E-state index is 5.94. The van der Waals surface area contributed by atoms with Gasteiger partial charge in [0.05, 0.1) is 25.3 Å². The Hall–Kier alpha value is -0.770. The topological polar surface area (TPSA) is 44.5 Å². The average Bonchev–Trinajstić information content (AvgIpc) is 2.18. The van der Waals surface area contributed by atoms with E-state index < -0.39 is 0 Å². The van der Waals surface area contributed by atoms with E-state index in [2.05, 4.69) is 0 Å². The maximum Gasteiger partial charge on any atom is 0.137 e. The zero-order valence-electron chi connectivity index (χ0n) is 8.13. The van der Waals surface area contributed by atoms with Crippen molar-refractivity contribution in [1.29, 1.82) is 0 Å². The molecule has 0 aliphatic heterocycles. The minimum atomic E-state index is 0.529. The molecule has 0 spiro atoms. The van der Waals surface area contributed by atoms with Crippen LogP contribution in [0.25, 0.3) is 0 Å². The molecule has 0 amide bonds. The lowest BCUT2D eigenvalue weighted by molar-refractivity contribution is 0.128. The fourth-order valence-electron chi connectivity index (χ4n) is 1.07. The molecular formula is C10H14ClNO2. The first-order valence-electron chi connectivity index (χ1n) is 4.38. The third-order valence-electron chi connectivity index (χ3n) is 1.75. The molecule has 3 nitrogen and oxygen atoms in total. The van der Waals surface area contributed by atoms with E-state index in [1.54, 1.807) is 7.11 Å². The van der Waals surface area contributed by atoms with Gasteiger partial charge in [-0.15, -0.1) is 0 Å². The molecule has 2 N–H and O–H groups in total. The SMILES string of the molecule is COc1ccc(COCCN)cc1Cl. The summed E-state index contributed by atoms with van der Waals surface area (Å²) in [4.78, 5) is 0. The van der Waals surface area contributed by atoms with Gasteiger partial charge in [0, 0.05) is 6.54 Å². The van der Waals surface area contributed by atoms with Crippen LogP contribution in [0.1, 0.15) is 5.56 Å². The van der Waals surface area contributed by atoms with E-state index in [-0.39, 0.29) is 0 Å². The summed E-state index contributed by atoms with van der Waals surface area (Å²) in [5.74, 6) is 0.675. The summed E-state index contributed by atoms with van der Waals surface area (Å²) in [6.07, 6.45) is 0. The Morgan fingerprint density at radius 2 is 2.21 bits per heavy atom. The van der Waals surface area contributed by atoms with Crippen molar-refractivity contribution in [3.63, 3.8) is 0 Å². The van der Waals surface area contributed by atoms with E-state index in [1.165, 1.54) is 0 Å². The molecule has 0 fully saturated rings. The normalized spacial score (nSPS) is 10.2. The fraction of sp³-hybridized carbons (Fsp3) is 0.400. The van der Waals surface area contributed by atoms with Gasteiger partial charge in [0.15, 0.2) is 0 Å². The van der Waals surface area contributed by atoms with Crippen LogP contribution in [0.5, 0.6) is 5.75 Å². The molecule has 0 unspecified atom stereocenters. The number of hydrogen-bond donors (Lipinski definition) is 1. The van der Waals surface area contributed by atoms with Crippen LogP contribution in [-0.4, -0.2) is 20.3 Å². The quantitative estimate of drug-likeness (QED) is 0.763. The summed E-state index contributed by atoms with van der Waals surface area (Å²) in [6.45, 7) is 1.62. The Labute approximate surface area is 88.8 Å². The molecule has 0 heterocycles. The van der Waals surface area contributed by atoms with Gasteiger partial charge in [0.25, 0.3) is 0 Å². The fourth-order valence-corrected chi connectivity index (χ4v) is 1.35. The van der Waals surface area contributed by atoms with E-state index in [9.17, 15) is 0 Å². The number of methoxy groups -OCH3 is 1. The van der Waals surface area contributed by atoms with Gasteiger partial charge in [-0.2, -0.15) is 0 Å². The number of hydrogen-bond acceptors (Lipinski definition) is 3. The smallest absolute Gasteiger partial charge is 0.137 e. The Morgan fingerprint density at radius 3 is 2.79 bits per heavy atom. The van der Waals surface area contributed by atoms with Crippen LogP contribution in [0.4, 0.5) is 0 Å². The first-order valence-corrected chi connectivity index (χ1v) is 4.76. The molecule has 78 valence electrons. The zero-order chi connectivity index (χ0) is 10.4. The zero-order valence-corrected chi connectivity index (χ0v) is 8.88. The second-order valence-corrected chi connectivity index (χ2v) is 3.22. The second-order valence-electron chi connectivity index (χ2n) is 2.81. The number of ether oxygens (including phenoxy) is 2. The predicted octanol–water partition coefficient (Wildman–Crippen LogP) is 1.82. The van der Waals surface area contributed by atoms with Crippen LogP contribution in [0, 0.1) is 0 Å². The van der Waals surface area contributed by atoms with E-state index in [4.69, 9.17) is 26.8 Å². The first-order chi connectivity index (χ1) is 6.77. The lowest BCUT2D eigenvalue weighted by atomic mass is 10.2. The minimum Gasteiger partial charge on any atom is -0.495 e. The molecule has 0 atom stereocenters. The largest absolute Gasteiger partial charge is 0.495 e. The van der Waals surface area contributed by atoms with Crippen molar-refractivity contribution < 1.29 is 9.47 Å². The molecule has 0 radical (unpaired) electrons. The monoisotopic (exact) mass is 215 g/mol.